The van der Waals surface area contributed by atoms with Crippen LogP contribution in [0.5, 0.6) is 0 Å². The van der Waals surface area contributed by atoms with Crippen LogP contribution in [0.15, 0.2) is 48.6 Å². The van der Waals surface area contributed by atoms with Gasteiger partial charge in [0.1, 0.15) is 0 Å². The predicted molar refractivity (Wildman–Crippen MR) is 79.8 cm³/mol. The molecule has 0 atom stereocenters. The van der Waals surface area contributed by atoms with E-state index in [0.29, 0.717) is 0 Å². The second kappa shape index (κ2) is 11.7. The van der Waals surface area contributed by atoms with Crippen molar-refractivity contribution in [3.63, 3.8) is 0 Å². The average Bonchev–Trinajstić information content (AvgIpc) is 2.37. The summed E-state index contributed by atoms with van der Waals surface area (Å²) in [4.78, 5) is 10.2. The summed E-state index contributed by atoms with van der Waals surface area (Å²) < 4.78 is 0. The van der Waals surface area contributed by atoms with Crippen molar-refractivity contribution in [3.8, 4) is 11.8 Å². The number of allylic oxidation sites excluding steroid dienone is 6. The summed E-state index contributed by atoms with van der Waals surface area (Å²) in [6.07, 6.45) is 14.9. The number of hydrogen-bond donors (Lipinski definition) is 4. The molecule has 0 heterocycles. The third kappa shape index (κ3) is 17.9. The van der Waals surface area contributed by atoms with Gasteiger partial charge in [0.2, 0.25) is 0 Å². The summed E-state index contributed by atoms with van der Waals surface area (Å²) in [5.41, 5.74) is 0. The highest BCUT2D eigenvalue weighted by molar-refractivity contribution is 5.79. The fourth-order valence-electron chi connectivity index (χ4n) is 1.19. The van der Waals surface area contributed by atoms with Crippen LogP contribution in [0.3, 0.4) is 0 Å². The zero-order valence-corrected chi connectivity index (χ0v) is 11.6. The molecule has 0 saturated carbocycles. The third-order valence-corrected chi connectivity index (χ3v) is 2.10. The molecule has 5 heteroatoms. The van der Waals surface area contributed by atoms with Gasteiger partial charge in [-0.1, -0.05) is 42.2 Å². The second-order valence-electron chi connectivity index (χ2n) is 4.13. The quantitative estimate of drug-likeness (QED) is 0.179. The molecule has 0 aromatic carbocycles. The van der Waals surface area contributed by atoms with E-state index in [9.17, 15) is 4.79 Å². The van der Waals surface area contributed by atoms with E-state index in [1.54, 1.807) is 18.2 Å². The van der Waals surface area contributed by atoms with Crippen LogP contribution in [0, 0.1) is 11.8 Å². The Balaban J connectivity index is 3.73. The van der Waals surface area contributed by atoms with Crippen LogP contribution in [-0.4, -0.2) is 32.4 Å². The molecule has 0 unspecified atom stereocenters. The maximum atomic E-state index is 10.2. The first-order valence-electron chi connectivity index (χ1n) is 6.46. The number of aliphatic carboxylic acids is 1. The molecule has 0 aliphatic rings. The Morgan fingerprint density at radius 3 is 2.29 bits per heavy atom. The molecule has 0 rings (SSSR count). The largest absolute Gasteiger partial charge is 0.478 e. The minimum atomic E-state index is -2.68. The molecule has 0 bridgehead atoms. The molecule has 0 fully saturated rings. The first-order chi connectivity index (χ1) is 9.92. The summed E-state index contributed by atoms with van der Waals surface area (Å²) in [5, 5.41) is 34.1. The maximum absolute atomic E-state index is 10.2. The van der Waals surface area contributed by atoms with Crippen LogP contribution >= 0.6 is 0 Å². The molecule has 0 aromatic heterocycles. The lowest BCUT2D eigenvalue weighted by Crippen LogP contribution is -2.25. The van der Waals surface area contributed by atoms with E-state index in [0.717, 1.165) is 25.3 Å². The molecule has 5 nitrogen and oxygen atoms in total. The van der Waals surface area contributed by atoms with E-state index in [4.69, 9.17) is 20.4 Å². The van der Waals surface area contributed by atoms with Crippen LogP contribution in [0.4, 0.5) is 0 Å². The maximum Gasteiger partial charge on any atom is 0.327 e. The van der Waals surface area contributed by atoms with Crippen molar-refractivity contribution in [2.45, 2.75) is 31.7 Å². The molecule has 0 aromatic rings. The standard InChI is InChI=1S/C16H20O5/c17-15(18)13-11-9-7-5-3-1-2-4-6-8-10-12-14-16(19,20)21/h1-4,10-13,19-21H,5,7,9,14H2,(H,17,18). The summed E-state index contributed by atoms with van der Waals surface area (Å²) in [6, 6.07) is 0. The van der Waals surface area contributed by atoms with Crippen molar-refractivity contribution in [1.29, 1.82) is 0 Å². The highest BCUT2D eigenvalue weighted by atomic mass is 16.7. The van der Waals surface area contributed by atoms with Crippen LogP contribution in [0.2, 0.25) is 0 Å². The van der Waals surface area contributed by atoms with Crippen LogP contribution in [0.1, 0.15) is 25.7 Å². The zero-order chi connectivity index (χ0) is 16.0. The van der Waals surface area contributed by atoms with Crippen molar-refractivity contribution < 1.29 is 25.2 Å². The van der Waals surface area contributed by atoms with Gasteiger partial charge in [0, 0.05) is 12.5 Å². The number of unbranched alkanes of at least 4 members (excludes halogenated alkanes) is 2. The summed E-state index contributed by atoms with van der Waals surface area (Å²) in [7, 11) is 0. The predicted octanol–water partition coefficient (Wildman–Crippen LogP) is 1.49. The van der Waals surface area contributed by atoms with Crippen molar-refractivity contribution >= 4 is 5.97 Å². The van der Waals surface area contributed by atoms with Crippen LogP contribution < -0.4 is 0 Å². The Labute approximate surface area is 124 Å². The number of carbonyl (C=O) groups is 1. The van der Waals surface area contributed by atoms with Gasteiger partial charge in [-0.3, -0.25) is 0 Å². The normalized spacial score (nSPS) is 12.5. The van der Waals surface area contributed by atoms with Gasteiger partial charge in [-0.25, -0.2) is 4.79 Å². The molecular formula is C16H20O5. The lowest BCUT2D eigenvalue weighted by atomic mass is 10.2. The number of rotatable bonds is 8. The van der Waals surface area contributed by atoms with Crippen LogP contribution in [-0.2, 0) is 4.79 Å². The van der Waals surface area contributed by atoms with E-state index in [1.807, 2.05) is 12.2 Å². The second-order valence-corrected chi connectivity index (χ2v) is 4.13. The molecule has 0 aliphatic heterocycles. The molecule has 0 saturated heterocycles. The molecule has 0 spiro atoms. The van der Waals surface area contributed by atoms with Gasteiger partial charge >= 0.3 is 5.97 Å². The van der Waals surface area contributed by atoms with Gasteiger partial charge in [0.05, 0.1) is 0 Å². The number of hydrogen-bond acceptors (Lipinski definition) is 4. The highest BCUT2D eigenvalue weighted by Crippen LogP contribution is 2.00. The van der Waals surface area contributed by atoms with Gasteiger partial charge in [0.25, 0.3) is 5.97 Å². The Bertz CT molecular complexity index is 467. The van der Waals surface area contributed by atoms with Crippen molar-refractivity contribution in [1.82, 2.24) is 0 Å². The SMILES string of the molecule is O=C(O)C=CCCCC=CC=CC#CC=CCC(O)(O)O. The lowest BCUT2D eigenvalue weighted by Gasteiger charge is -2.09. The first kappa shape index (κ1) is 18.9. The highest BCUT2D eigenvalue weighted by Gasteiger charge is 2.14. The molecular weight excluding hydrogens is 272 g/mol. The minimum absolute atomic E-state index is 0.304. The Morgan fingerprint density at radius 1 is 0.952 bits per heavy atom. The van der Waals surface area contributed by atoms with E-state index in [2.05, 4.69) is 11.8 Å². The smallest absolute Gasteiger partial charge is 0.327 e. The lowest BCUT2D eigenvalue weighted by molar-refractivity contribution is -0.308. The van der Waals surface area contributed by atoms with Gasteiger partial charge in [-0.05, 0) is 31.4 Å². The number of carboxylic acid groups (broad SMARTS) is 1. The van der Waals surface area contributed by atoms with E-state index in [-0.39, 0.29) is 6.42 Å². The van der Waals surface area contributed by atoms with Crippen molar-refractivity contribution in [2.75, 3.05) is 0 Å². The van der Waals surface area contributed by atoms with E-state index in [1.165, 1.54) is 12.2 Å². The topological polar surface area (TPSA) is 98.0 Å². The minimum Gasteiger partial charge on any atom is -0.478 e. The first-order valence-corrected chi connectivity index (χ1v) is 6.46. The molecule has 4 N–H and O–H groups in total. The van der Waals surface area contributed by atoms with E-state index < -0.39 is 11.9 Å². The molecule has 0 radical (unpaired) electrons. The zero-order valence-electron chi connectivity index (χ0n) is 11.6. The number of carboxylic acids is 1. The third-order valence-electron chi connectivity index (χ3n) is 2.10. The van der Waals surface area contributed by atoms with Gasteiger partial charge < -0.3 is 20.4 Å². The van der Waals surface area contributed by atoms with E-state index >= 15 is 0 Å². The van der Waals surface area contributed by atoms with Crippen LogP contribution in [0.25, 0.3) is 0 Å². The molecule has 0 aliphatic carbocycles. The average molecular weight is 292 g/mol. The summed E-state index contributed by atoms with van der Waals surface area (Å²) in [5.74, 6) is 1.73. The fourth-order valence-corrected chi connectivity index (χ4v) is 1.19. The van der Waals surface area contributed by atoms with Gasteiger partial charge in [-0.15, -0.1) is 0 Å². The number of aliphatic hydroxyl groups is 3. The Hall–Kier alpha value is -2.13. The van der Waals surface area contributed by atoms with Crippen molar-refractivity contribution in [3.05, 3.63) is 48.6 Å². The van der Waals surface area contributed by atoms with Gasteiger partial charge in [0.15, 0.2) is 0 Å². The summed E-state index contributed by atoms with van der Waals surface area (Å²) in [6.45, 7) is 0. The fraction of sp³-hybridized carbons (Fsp3) is 0.312. The Kier molecular flexibility index (Phi) is 10.5. The van der Waals surface area contributed by atoms with Crippen molar-refractivity contribution in [2.24, 2.45) is 0 Å². The monoisotopic (exact) mass is 292 g/mol. The Morgan fingerprint density at radius 2 is 1.62 bits per heavy atom. The summed E-state index contributed by atoms with van der Waals surface area (Å²) >= 11 is 0. The molecule has 21 heavy (non-hydrogen) atoms. The molecule has 114 valence electrons. The van der Waals surface area contributed by atoms with Gasteiger partial charge in [-0.2, -0.15) is 0 Å². The molecule has 0 amide bonds.